The number of carbonyl (C=O) groups is 1. The number of halogens is 1. The van der Waals surface area contributed by atoms with E-state index in [1.54, 1.807) is 0 Å². The summed E-state index contributed by atoms with van der Waals surface area (Å²) in [7, 11) is 0. The molecule has 1 N–H and O–H groups in total. The number of ether oxygens (including phenoxy) is 2. The highest BCUT2D eigenvalue weighted by molar-refractivity contribution is 9.10. The van der Waals surface area contributed by atoms with Gasteiger partial charge in [-0.3, -0.25) is 4.79 Å². The standard InChI is InChI=1S/C21H20BrNO3/c1-12-14-7-5-8-16(22)20(14)26-13(2)19(12)21(24)23-17-10-11-25-18-9-4-3-6-15(17)18/h3-9,12,17H,10-11H2,1-2H3,(H,23,24). The molecule has 0 fully saturated rings. The van der Waals surface area contributed by atoms with Gasteiger partial charge in [-0.15, -0.1) is 0 Å². The van der Waals surface area contributed by atoms with Crippen molar-refractivity contribution < 1.29 is 14.3 Å². The van der Waals surface area contributed by atoms with Crippen LogP contribution in [0, 0.1) is 0 Å². The van der Waals surface area contributed by atoms with Crippen LogP contribution in [0.5, 0.6) is 11.5 Å². The zero-order chi connectivity index (χ0) is 18.3. The van der Waals surface area contributed by atoms with Gasteiger partial charge in [0, 0.05) is 23.5 Å². The number of nitrogens with one attached hydrogen (secondary N) is 1. The third-order valence-electron chi connectivity index (χ3n) is 5.04. The van der Waals surface area contributed by atoms with E-state index in [1.165, 1.54) is 0 Å². The van der Waals surface area contributed by atoms with E-state index >= 15 is 0 Å². The Kier molecular flexibility index (Phi) is 4.49. The first-order valence-electron chi connectivity index (χ1n) is 8.76. The number of allylic oxidation sites excluding steroid dienone is 1. The minimum atomic E-state index is -0.0812. The molecule has 2 aromatic rings. The van der Waals surface area contributed by atoms with Crippen molar-refractivity contribution in [2.24, 2.45) is 0 Å². The highest BCUT2D eigenvalue weighted by Gasteiger charge is 2.32. The van der Waals surface area contributed by atoms with E-state index in [4.69, 9.17) is 9.47 Å². The van der Waals surface area contributed by atoms with Crippen molar-refractivity contribution >= 4 is 21.8 Å². The summed E-state index contributed by atoms with van der Waals surface area (Å²) in [4.78, 5) is 13.1. The van der Waals surface area contributed by atoms with Gasteiger partial charge in [0.2, 0.25) is 0 Å². The molecule has 0 aliphatic carbocycles. The Morgan fingerprint density at radius 1 is 1.15 bits per heavy atom. The van der Waals surface area contributed by atoms with E-state index in [-0.39, 0.29) is 17.9 Å². The molecule has 2 aliphatic heterocycles. The monoisotopic (exact) mass is 413 g/mol. The largest absolute Gasteiger partial charge is 0.493 e. The zero-order valence-corrected chi connectivity index (χ0v) is 16.3. The lowest BCUT2D eigenvalue weighted by Crippen LogP contribution is -2.35. The van der Waals surface area contributed by atoms with Crippen LogP contribution in [0.3, 0.4) is 0 Å². The maximum absolute atomic E-state index is 13.1. The van der Waals surface area contributed by atoms with Gasteiger partial charge >= 0.3 is 0 Å². The van der Waals surface area contributed by atoms with Crippen LogP contribution >= 0.6 is 15.9 Å². The molecular formula is C21H20BrNO3. The average Bonchev–Trinajstić information content (AvgIpc) is 2.63. The van der Waals surface area contributed by atoms with Crippen molar-refractivity contribution in [2.45, 2.75) is 32.2 Å². The maximum Gasteiger partial charge on any atom is 0.251 e. The van der Waals surface area contributed by atoms with Gasteiger partial charge in [-0.2, -0.15) is 0 Å². The van der Waals surface area contributed by atoms with Crippen molar-refractivity contribution in [1.82, 2.24) is 5.32 Å². The first-order chi connectivity index (χ1) is 12.6. The summed E-state index contributed by atoms with van der Waals surface area (Å²) in [6, 6.07) is 13.7. The van der Waals surface area contributed by atoms with E-state index < -0.39 is 0 Å². The first kappa shape index (κ1) is 17.2. The molecule has 0 radical (unpaired) electrons. The predicted molar refractivity (Wildman–Crippen MR) is 103 cm³/mol. The summed E-state index contributed by atoms with van der Waals surface area (Å²) in [5, 5.41) is 3.18. The van der Waals surface area contributed by atoms with Crippen LogP contribution < -0.4 is 14.8 Å². The fraction of sp³-hybridized carbons (Fsp3) is 0.286. The summed E-state index contributed by atoms with van der Waals surface area (Å²) in [5.74, 6) is 2.17. The van der Waals surface area contributed by atoms with E-state index in [0.717, 1.165) is 33.5 Å². The number of hydrogen-bond acceptors (Lipinski definition) is 3. The van der Waals surface area contributed by atoms with Crippen molar-refractivity contribution in [3.05, 3.63) is 69.4 Å². The second-order valence-corrected chi connectivity index (χ2v) is 7.51. The van der Waals surface area contributed by atoms with Crippen LogP contribution in [0.15, 0.2) is 58.3 Å². The second-order valence-electron chi connectivity index (χ2n) is 6.65. The van der Waals surface area contributed by atoms with E-state index in [1.807, 2.05) is 56.3 Å². The lowest BCUT2D eigenvalue weighted by molar-refractivity contribution is -0.118. The molecule has 4 rings (SSSR count). The van der Waals surface area contributed by atoms with Crippen LogP contribution in [0.2, 0.25) is 0 Å². The van der Waals surface area contributed by atoms with Gasteiger partial charge < -0.3 is 14.8 Å². The van der Waals surface area contributed by atoms with Gasteiger partial charge in [0.1, 0.15) is 17.3 Å². The van der Waals surface area contributed by atoms with Crippen LogP contribution in [0.25, 0.3) is 0 Å². The Labute approximate surface area is 161 Å². The highest BCUT2D eigenvalue weighted by atomic mass is 79.9. The molecule has 2 atom stereocenters. The second kappa shape index (κ2) is 6.80. The predicted octanol–water partition coefficient (Wildman–Crippen LogP) is 4.86. The number of amides is 1. The minimum absolute atomic E-state index is 0.0358. The van der Waals surface area contributed by atoms with Gasteiger partial charge in [-0.25, -0.2) is 0 Å². The summed E-state index contributed by atoms with van der Waals surface area (Å²) < 4.78 is 12.6. The van der Waals surface area contributed by atoms with Crippen molar-refractivity contribution in [2.75, 3.05) is 6.61 Å². The van der Waals surface area contributed by atoms with Crippen LogP contribution in [-0.4, -0.2) is 12.5 Å². The zero-order valence-electron chi connectivity index (χ0n) is 14.7. The number of carbonyl (C=O) groups excluding carboxylic acids is 1. The smallest absolute Gasteiger partial charge is 0.251 e. The molecule has 0 spiro atoms. The molecular weight excluding hydrogens is 394 g/mol. The molecule has 2 aromatic carbocycles. The van der Waals surface area contributed by atoms with Crippen molar-refractivity contribution in [3.63, 3.8) is 0 Å². The molecule has 0 saturated heterocycles. The highest BCUT2D eigenvalue weighted by Crippen LogP contribution is 2.43. The topological polar surface area (TPSA) is 47.6 Å². The molecule has 2 unspecified atom stereocenters. The average molecular weight is 414 g/mol. The molecule has 2 aliphatic rings. The van der Waals surface area contributed by atoms with Crippen molar-refractivity contribution in [1.29, 1.82) is 0 Å². The molecule has 134 valence electrons. The maximum atomic E-state index is 13.1. The number of benzene rings is 2. The molecule has 26 heavy (non-hydrogen) atoms. The lowest BCUT2D eigenvalue weighted by atomic mass is 9.88. The first-order valence-corrected chi connectivity index (χ1v) is 9.55. The number of rotatable bonds is 2. The molecule has 1 amide bonds. The third kappa shape index (κ3) is 2.90. The molecule has 4 nitrogen and oxygen atoms in total. The Bertz CT molecular complexity index is 906. The minimum Gasteiger partial charge on any atom is -0.493 e. The number of para-hydroxylation sites is 2. The Hall–Kier alpha value is -2.27. The van der Waals surface area contributed by atoms with E-state index in [0.29, 0.717) is 17.9 Å². The number of fused-ring (bicyclic) bond motifs is 2. The number of hydrogen-bond donors (Lipinski definition) is 1. The van der Waals surface area contributed by atoms with Crippen molar-refractivity contribution in [3.8, 4) is 11.5 Å². The SMILES string of the molecule is CC1=C(C(=O)NC2CCOc3ccccc32)C(C)c2cccc(Br)c2O1. The molecule has 0 saturated carbocycles. The van der Waals surface area contributed by atoms with Gasteiger partial charge in [-0.05, 0) is 35.0 Å². The third-order valence-corrected chi connectivity index (χ3v) is 5.66. The molecule has 5 heteroatoms. The van der Waals surface area contributed by atoms with Gasteiger partial charge in [0.15, 0.2) is 0 Å². The molecule has 0 aromatic heterocycles. The quantitative estimate of drug-likeness (QED) is 0.764. The Balaban J connectivity index is 1.62. The fourth-order valence-corrected chi connectivity index (χ4v) is 4.19. The lowest BCUT2D eigenvalue weighted by Gasteiger charge is -2.30. The van der Waals surface area contributed by atoms with Gasteiger partial charge in [0.05, 0.1) is 22.7 Å². The summed E-state index contributed by atoms with van der Waals surface area (Å²) in [6.07, 6.45) is 0.756. The van der Waals surface area contributed by atoms with E-state index in [9.17, 15) is 4.79 Å². The van der Waals surface area contributed by atoms with E-state index in [2.05, 4.69) is 21.2 Å². The summed E-state index contributed by atoms with van der Waals surface area (Å²) >= 11 is 3.53. The summed E-state index contributed by atoms with van der Waals surface area (Å²) in [5.41, 5.74) is 2.72. The van der Waals surface area contributed by atoms with Crippen LogP contribution in [0.1, 0.15) is 43.4 Å². The molecule has 2 heterocycles. The van der Waals surface area contributed by atoms with Gasteiger partial charge in [-0.1, -0.05) is 37.3 Å². The van der Waals surface area contributed by atoms with Crippen LogP contribution in [-0.2, 0) is 4.79 Å². The summed E-state index contributed by atoms with van der Waals surface area (Å²) in [6.45, 7) is 4.50. The molecule has 0 bridgehead atoms. The normalized spacial score (nSPS) is 21.2. The fourth-order valence-electron chi connectivity index (χ4n) is 3.73. The van der Waals surface area contributed by atoms with Gasteiger partial charge in [0.25, 0.3) is 5.91 Å². The van der Waals surface area contributed by atoms with Crippen LogP contribution in [0.4, 0.5) is 0 Å². The Morgan fingerprint density at radius 3 is 2.77 bits per heavy atom. The Morgan fingerprint density at radius 2 is 1.92 bits per heavy atom.